The van der Waals surface area contributed by atoms with Crippen molar-refractivity contribution in [3.63, 3.8) is 0 Å². The third-order valence-electron chi connectivity index (χ3n) is 8.72. The summed E-state index contributed by atoms with van der Waals surface area (Å²) in [5, 5.41) is 0. The molecule has 0 aromatic carbocycles. The molecule has 0 unspecified atom stereocenters. The molecule has 0 heterocycles. The minimum atomic E-state index is -0.196. The molecule has 136 valence electrons. The maximum absolute atomic E-state index is 11.9. The molecule has 4 aliphatic carbocycles. The van der Waals surface area contributed by atoms with Crippen LogP contribution in [0.25, 0.3) is 0 Å². The van der Waals surface area contributed by atoms with Crippen LogP contribution in [-0.2, 0) is 9.53 Å². The van der Waals surface area contributed by atoms with E-state index in [4.69, 9.17) is 4.74 Å². The number of fused-ring (bicyclic) bond motifs is 4. The highest BCUT2D eigenvalue weighted by Crippen LogP contribution is 2.69. The van der Waals surface area contributed by atoms with Gasteiger partial charge in [-0.3, -0.25) is 4.79 Å². The Bertz CT molecular complexity index is 682. The van der Waals surface area contributed by atoms with Crippen LogP contribution in [-0.4, -0.2) is 18.5 Å². The minimum Gasteiger partial charge on any atom is -0.373 e. The fraction of sp³-hybridized carbons (Fsp3) is 0.739. The molecule has 5 atom stereocenters. The predicted octanol–water partition coefficient (Wildman–Crippen LogP) is 5.39. The van der Waals surface area contributed by atoms with Gasteiger partial charge in [-0.05, 0) is 68.3 Å². The zero-order valence-electron chi connectivity index (χ0n) is 16.1. The maximum Gasteiger partial charge on any atom is 0.137 e. The highest BCUT2D eigenvalue weighted by Gasteiger charge is 2.64. The maximum atomic E-state index is 11.9. The molecule has 0 saturated heterocycles. The Kier molecular flexibility index (Phi) is 3.94. The lowest BCUT2D eigenvalue weighted by molar-refractivity contribution is -0.121. The van der Waals surface area contributed by atoms with Gasteiger partial charge in [0.2, 0.25) is 0 Å². The number of ketones is 1. The molecule has 0 N–H and O–H groups in total. The highest BCUT2D eigenvalue weighted by atomic mass is 16.5. The van der Waals surface area contributed by atoms with Gasteiger partial charge in [-0.15, -0.1) is 5.73 Å². The Hall–Kier alpha value is -1.11. The largest absolute Gasteiger partial charge is 0.373 e. The first-order valence-corrected chi connectivity index (χ1v) is 10.1. The van der Waals surface area contributed by atoms with E-state index in [1.165, 1.54) is 31.3 Å². The first-order chi connectivity index (χ1) is 11.9. The van der Waals surface area contributed by atoms with Crippen LogP contribution in [0.1, 0.15) is 71.6 Å². The topological polar surface area (TPSA) is 26.3 Å². The van der Waals surface area contributed by atoms with E-state index in [9.17, 15) is 4.79 Å². The number of hydrogen-bond acceptors (Lipinski definition) is 2. The summed E-state index contributed by atoms with van der Waals surface area (Å²) in [4.78, 5) is 11.9. The van der Waals surface area contributed by atoms with Gasteiger partial charge in [0.15, 0.2) is 0 Å². The SMILES string of the molecule is C=C=C[C@]1(OC)CC[C@H]2[C@@H]3CCC4=C(CCC(=O)C4)[C@@]3(C)CC[C@@]21C. The molecular weight excluding hydrogens is 308 g/mol. The second kappa shape index (κ2) is 5.69. The van der Waals surface area contributed by atoms with Crippen molar-refractivity contribution >= 4 is 5.78 Å². The van der Waals surface area contributed by atoms with Gasteiger partial charge < -0.3 is 4.74 Å². The molecule has 0 aromatic rings. The zero-order chi connectivity index (χ0) is 17.9. The molecule has 2 nitrogen and oxygen atoms in total. The molecule has 4 aliphatic rings. The standard InChI is InChI=1S/C23H32O2/c1-5-11-23(25-4)12-10-20-19-8-6-16-15-17(24)7-9-18(16)21(19,2)13-14-22(20,23)3/h11,19-20H,1,6-10,12-15H2,2-4H3/t19-,20-,21+,22-,23-/m0/s1. The van der Waals surface area contributed by atoms with Crippen LogP contribution >= 0.6 is 0 Å². The van der Waals surface area contributed by atoms with Gasteiger partial charge >= 0.3 is 0 Å². The first-order valence-electron chi connectivity index (χ1n) is 10.1. The van der Waals surface area contributed by atoms with Gasteiger partial charge in [0, 0.05) is 25.4 Å². The second-order valence-corrected chi connectivity index (χ2v) is 9.36. The summed E-state index contributed by atoms with van der Waals surface area (Å²) in [5.41, 5.74) is 6.50. The Morgan fingerprint density at radius 3 is 2.64 bits per heavy atom. The molecular formula is C23H32O2. The van der Waals surface area contributed by atoms with Gasteiger partial charge in [-0.25, -0.2) is 0 Å². The van der Waals surface area contributed by atoms with E-state index < -0.39 is 0 Å². The fourth-order valence-electron chi connectivity index (χ4n) is 7.30. The number of carbonyl (C=O) groups excluding carboxylic acids is 1. The molecule has 0 spiro atoms. The Balaban J connectivity index is 1.73. The average Bonchev–Trinajstić information content (AvgIpc) is 2.88. The van der Waals surface area contributed by atoms with Crippen molar-refractivity contribution in [2.45, 2.75) is 77.2 Å². The smallest absolute Gasteiger partial charge is 0.137 e. The van der Waals surface area contributed by atoms with E-state index in [-0.39, 0.29) is 11.0 Å². The van der Waals surface area contributed by atoms with Crippen LogP contribution in [0.3, 0.4) is 0 Å². The molecule has 0 aliphatic heterocycles. The van der Waals surface area contributed by atoms with Crippen molar-refractivity contribution in [2.24, 2.45) is 22.7 Å². The summed E-state index contributed by atoms with van der Waals surface area (Å²) in [6.07, 6.45) is 11.8. The van der Waals surface area contributed by atoms with Gasteiger partial charge in [0.1, 0.15) is 5.78 Å². The van der Waals surface area contributed by atoms with Crippen LogP contribution < -0.4 is 0 Å². The summed E-state index contributed by atoms with van der Waals surface area (Å²) >= 11 is 0. The molecule has 0 amide bonds. The normalized spacial score (nSPS) is 46.1. The quantitative estimate of drug-likeness (QED) is 0.498. The van der Waals surface area contributed by atoms with Gasteiger partial charge in [0.05, 0.1) is 5.60 Å². The van der Waals surface area contributed by atoms with E-state index in [1.807, 2.05) is 7.11 Å². The van der Waals surface area contributed by atoms with Crippen molar-refractivity contribution in [1.29, 1.82) is 0 Å². The van der Waals surface area contributed by atoms with E-state index in [1.54, 1.807) is 5.57 Å². The summed E-state index contributed by atoms with van der Waals surface area (Å²) in [5.74, 6) is 1.88. The number of ether oxygens (including phenoxy) is 1. The molecule has 4 rings (SSSR count). The first kappa shape index (κ1) is 17.3. The van der Waals surface area contributed by atoms with E-state index in [0.717, 1.165) is 38.0 Å². The second-order valence-electron chi connectivity index (χ2n) is 9.36. The van der Waals surface area contributed by atoms with Crippen molar-refractivity contribution in [3.05, 3.63) is 29.5 Å². The van der Waals surface area contributed by atoms with Crippen molar-refractivity contribution in [3.8, 4) is 0 Å². The number of Topliss-reactive ketones (excluding diaryl/α,β-unsaturated/α-hetero) is 1. The lowest BCUT2D eigenvalue weighted by Crippen LogP contribution is -2.54. The van der Waals surface area contributed by atoms with Crippen molar-refractivity contribution < 1.29 is 9.53 Å². The summed E-state index contributed by atoms with van der Waals surface area (Å²) in [6.45, 7) is 8.81. The van der Waals surface area contributed by atoms with Crippen LogP contribution in [0, 0.1) is 22.7 Å². The van der Waals surface area contributed by atoms with Gasteiger partial charge in [-0.2, -0.15) is 0 Å². The van der Waals surface area contributed by atoms with E-state index in [0.29, 0.717) is 17.1 Å². The highest BCUT2D eigenvalue weighted by molar-refractivity contribution is 5.83. The summed E-state index contributed by atoms with van der Waals surface area (Å²) in [6, 6.07) is 0. The van der Waals surface area contributed by atoms with Crippen molar-refractivity contribution in [2.75, 3.05) is 7.11 Å². The lowest BCUT2D eigenvalue weighted by Gasteiger charge is -2.59. The third kappa shape index (κ3) is 2.17. The van der Waals surface area contributed by atoms with Crippen LogP contribution in [0.4, 0.5) is 0 Å². The van der Waals surface area contributed by atoms with Gasteiger partial charge in [-0.1, -0.05) is 31.6 Å². The molecule has 2 saturated carbocycles. The van der Waals surface area contributed by atoms with Gasteiger partial charge in [0.25, 0.3) is 0 Å². The molecule has 0 bridgehead atoms. The number of methoxy groups -OCH3 is 1. The van der Waals surface area contributed by atoms with Crippen LogP contribution in [0.5, 0.6) is 0 Å². The summed E-state index contributed by atoms with van der Waals surface area (Å²) in [7, 11) is 1.86. The third-order valence-corrected chi connectivity index (χ3v) is 8.72. The molecule has 2 heteroatoms. The molecule has 0 radical (unpaired) electrons. The lowest BCUT2D eigenvalue weighted by atomic mass is 9.46. The Morgan fingerprint density at radius 1 is 1.12 bits per heavy atom. The zero-order valence-corrected chi connectivity index (χ0v) is 16.1. The van der Waals surface area contributed by atoms with E-state index in [2.05, 4.69) is 32.2 Å². The fourth-order valence-corrected chi connectivity index (χ4v) is 7.30. The van der Waals surface area contributed by atoms with Crippen LogP contribution in [0.2, 0.25) is 0 Å². The monoisotopic (exact) mass is 340 g/mol. The Labute approximate surface area is 152 Å². The van der Waals surface area contributed by atoms with Crippen LogP contribution in [0.15, 0.2) is 29.5 Å². The number of rotatable bonds is 2. The minimum absolute atomic E-state index is 0.180. The Morgan fingerprint density at radius 2 is 1.92 bits per heavy atom. The number of allylic oxidation sites excluding steroid dienone is 2. The predicted molar refractivity (Wildman–Crippen MR) is 100 cm³/mol. The summed E-state index contributed by atoms with van der Waals surface area (Å²) < 4.78 is 6.13. The number of carbonyl (C=O) groups is 1. The molecule has 2 fully saturated rings. The van der Waals surface area contributed by atoms with Crippen molar-refractivity contribution in [1.82, 2.24) is 0 Å². The molecule has 0 aromatic heterocycles. The van der Waals surface area contributed by atoms with E-state index >= 15 is 0 Å². The molecule has 25 heavy (non-hydrogen) atoms. The average molecular weight is 341 g/mol. The number of hydrogen-bond donors (Lipinski definition) is 0.